The summed E-state index contributed by atoms with van der Waals surface area (Å²) in [6.07, 6.45) is 0. The molecule has 0 aliphatic heterocycles. The summed E-state index contributed by atoms with van der Waals surface area (Å²) in [7, 11) is 1.14. The van der Waals surface area contributed by atoms with E-state index in [0.717, 1.165) is 13.2 Å². The Morgan fingerprint density at radius 2 is 1.90 bits per heavy atom. The van der Waals surface area contributed by atoms with E-state index >= 15 is 0 Å². The van der Waals surface area contributed by atoms with Crippen molar-refractivity contribution in [1.29, 1.82) is 0 Å². The van der Waals surface area contributed by atoms with E-state index in [4.69, 9.17) is 11.6 Å². The summed E-state index contributed by atoms with van der Waals surface area (Å²) in [5.41, 5.74) is 0.335. The average molecular weight is 316 g/mol. The molecule has 0 heterocycles. The number of rotatable bonds is 5. The fraction of sp³-hybridized carbons (Fsp3) is 0.357. The van der Waals surface area contributed by atoms with Crippen molar-refractivity contribution in [2.75, 3.05) is 7.11 Å². The highest BCUT2D eigenvalue weighted by Crippen LogP contribution is 2.27. The Morgan fingerprint density at radius 1 is 1.29 bits per heavy atom. The Labute approximate surface area is 126 Å². The van der Waals surface area contributed by atoms with Gasteiger partial charge in [-0.25, -0.2) is 4.39 Å². The van der Waals surface area contributed by atoms with Crippen LogP contribution < -0.4 is 5.32 Å². The van der Waals surface area contributed by atoms with E-state index in [2.05, 4.69) is 10.1 Å². The van der Waals surface area contributed by atoms with Crippen LogP contribution in [-0.4, -0.2) is 24.8 Å². The molecular weight excluding hydrogens is 301 g/mol. The fourth-order valence-corrected chi connectivity index (χ4v) is 2.14. The Bertz CT molecular complexity index is 576. The molecule has 114 valence electrons. The molecule has 1 aromatic rings. The van der Waals surface area contributed by atoms with Crippen molar-refractivity contribution < 1.29 is 23.5 Å². The van der Waals surface area contributed by atoms with Gasteiger partial charge in [0.25, 0.3) is 0 Å². The number of esters is 1. The van der Waals surface area contributed by atoms with Crippen molar-refractivity contribution in [2.45, 2.75) is 19.9 Å². The summed E-state index contributed by atoms with van der Waals surface area (Å²) < 4.78 is 17.8. The highest BCUT2D eigenvalue weighted by molar-refractivity contribution is 6.30. The van der Waals surface area contributed by atoms with Crippen LogP contribution in [0.15, 0.2) is 18.2 Å². The number of ketones is 1. The van der Waals surface area contributed by atoms with Crippen molar-refractivity contribution in [3.8, 4) is 0 Å². The minimum absolute atomic E-state index is 0.171. The predicted molar refractivity (Wildman–Crippen MR) is 74.2 cm³/mol. The first-order valence-electron chi connectivity index (χ1n) is 6.08. The molecule has 0 aromatic heterocycles. The van der Waals surface area contributed by atoms with E-state index in [-0.39, 0.29) is 5.02 Å². The lowest BCUT2D eigenvalue weighted by Crippen LogP contribution is -2.39. The van der Waals surface area contributed by atoms with E-state index in [1.54, 1.807) is 0 Å². The standard InChI is InChI=1S/C14H15ClFNO4/c1-7(18)12(14(20)21-3)13(17-8(2)19)9-4-5-11(16)10(15)6-9/h4-6,12-13H,1-3H3,(H,17,19)/t12-,13+/m0/s1. The van der Waals surface area contributed by atoms with Crippen LogP contribution in [0.25, 0.3) is 0 Å². The third-order valence-corrected chi connectivity index (χ3v) is 3.18. The summed E-state index contributed by atoms with van der Waals surface area (Å²) in [5.74, 6) is -3.60. The third-order valence-electron chi connectivity index (χ3n) is 2.89. The molecule has 21 heavy (non-hydrogen) atoms. The molecule has 0 saturated heterocycles. The summed E-state index contributed by atoms with van der Waals surface area (Å²) >= 11 is 5.70. The molecule has 1 rings (SSSR count). The number of halogens is 2. The molecule has 0 radical (unpaired) electrons. The average Bonchev–Trinajstić information content (AvgIpc) is 2.40. The topological polar surface area (TPSA) is 72.5 Å². The van der Waals surface area contributed by atoms with Crippen LogP contribution in [-0.2, 0) is 19.1 Å². The molecule has 0 aliphatic carbocycles. The highest BCUT2D eigenvalue weighted by atomic mass is 35.5. The molecule has 1 aromatic carbocycles. The largest absolute Gasteiger partial charge is 0.468 e. The zero-order valence-electron chi connectivity index (χ0n) is 11.8. The van der Waals surface area contributed by atoms with Crippen molar-refractivity contribution in [3.05, 3.63) is 34.6 Å². The number of amides is 1. The lowest BCUT2D eigenvalue weighted by atomic mass is 9.90. The first kappa shape index (κ1) is 17.1. The molecule has 0 fully saturated rings. The number of carbonyl (C=O) groups excluding carboxylic acids is 3. The first-order chi connectivity index (χ1) is 9.77. The van der Waals surface area contributed by atoms with Gasteiger partial charge in [0.1, 0.15) is 17.5 Å². The van der Waals surface area contributed by atoms with Crippen LogP contribution in [0.5, 0.6) is 0 Å². The number of benzene rings is 1. The number of hydrogen-bond acceptors (Lipinski definition) is 4. The minimum atomic E-state index is -1.24. The van der Waals surface area contributed by atoms with Crippen LogP contribution in [0.1, 0.15) is 25.5 Å². The molecule has 0 saturated carbocycles. The maximum Gasteiger partial charge on any atom is 0.318 e. The van der Waals surface area contributed by atoms with Gasteiger partial charge >= 0.3 is 5.97 Å². The second-order valence-electron chi connectivity index (χ2n) is 4.46. The van der Waals surface area contributed by atoms with E-state index in [0.29, 0.717) is 5.56 Å². The molecule has 1 N–H and O–H groups in total. The first-order valence-corrected chi connectivity index (χ1v) is 6.46. The van der Waals surface area contributed by atoms with E-state index < -0.39 is 35.4 Å². The number of nitrogens with one attached hydrogen (secondary N) is 1. The maximum absolute atomic E-state index is 13.2. The Morgan fingerprint density at radius 3 is 2.33 bits per heavy atom. The number of ether oxygens (including phenoxy) is 1. The molecular formula is C14H15ClFNO4. The molecule has 0 unspecified atom stereocenters. The van der Waals surface area contributed by atoms with Crippen molar-refractivity contribution >= 4 is 29.3 Å². The van der Waals surface area contributed by atoms with Gasteiger partial charge in [0.2, 0.25) is 5.91 Å². The Hall–Kier alpha value is -1.95. The summed E-state index contributed by atoms with van der Waals surface area (Å²) in [4.78, 5) is 34.9. The van der Waals surface area contributed by atoms with Gasteiger partial charge in [-0.05, 0) is 24.6 Å². The van der Waals surface area contributed by atoms with Gasteiger partial charge in [0.05, 0.1) is 18.2 Å². The SMILES string of the molecule is COC(=O)[C@@H](C(C)=O)[C@H](NC(C)=O)c1ccc(F)c(Cl)c1. The number of hydrogen-bond donors (Lipinski definition) is 1. The fourth-order valence-electron chi connectivity index (χ4n) is 1.95. The van der Waals surface area contributed by atoms with Gasteiger partial charge < -0.3 is 10.1 Å². The summed E-state index contributed by atoms with van der Waals surface area (Å²) in [6.45, 7) is 2.45. The van der Waals surface area contributed by atoms with E-state index in [1.165, 1.54) is 26.0 Å². The van der Waals surface area contributed by atoms with Gasteiger partial charge in [-0.15, -0.1) is 0 Å². The molecule has 5 nitrogen and oxygen atoms in total. The van der Waals surface area contributed by atoms with Crippen molar-refractivity contribution in [1.82, 2.24) is 5.32 Å². The second-order valence-corrected chi connectivity index (χ2v) is 4.87. The van der Waals surface area contributed by atoms with Crippen molar-refractivity contribution in [3.63, 3.8) is 0 Å². The Balaban J connectivity index is 3.31. The minimum Gasteiger partial charge on any atom is -0.468 e. The molecule has 0 bridgehead atoms. The van der Waals surface area contributed by atoms with Crippen molar-refractivity contribution in [2.24, 2.45) is 5.92 Å². The number of Topliss-reactive ketones (excluding diaryl/α,β-unsaturated/α-hetero) is 1. The maximum atomic E-state index is 13.2. The van der Waals surface area contributed by atoms with Gasteiger partial charge in [-0.3, -0.25) is 14.4 Å². The molecule has 0 spiro atoms. The number of methoxy groups -OCH3 is 1. The van der Waals surface area contributed by atoms with Gasteiger partial charge in [0, 0.05) is 6.92 Å². The van der Waals surface area contributed by atoms with Crippen LogP contribution >= 0.6 is 11.6 Å². The lowest BCUT2D eigenvalue weighted by Gasteiger charge is -2.24. The smallest absolute Gasteiger partial charge is 0.318 e. The van der Waals surface area contributed by atoms with E-state index in [9.17, 15) is 18.8 Å². The lowest BCUT2D eigenvalue weighted by molar-refractivity contribution is -0.150. The summed E-state index contributed by atoms with van der Waals surface area (Å²) in [5, 5.41) is 2.33. The predicted octanol–water partition coefficient (Wildman–Crippen LogP) is 2.03. The quantitative estimate of drug-likeness (QED) is 0.666. The van der Waals surface area contributed by atoms with Crippen LogP contribution in [0.2, 0.25) is 5.02 Å². The summed E-state index contributed by atoms with van der Waals surface area (Å²) in [6, 6.07) is 2.73. The van der Waals surface area contributed by atoms with Gasteiger partial charge in [-0.1, -0.05) is 17.7 Å². The van der Waals surface area contributed by atoms with Gasteiger partial charge in [-0.2, -0.15) is 0 Å². The van der Waals surface area contributed by atoms with E-state index in [1.807, 2.05) is 0 Å². The third kappa shape index (κ3) is 4.26. The highest BCUT2D eigenvalue weighted by Gasteiger charge is 2.35. The second kappa shape index (κ2) is 7.17. The van der Waals surface area contributed by atoms with Crippen LogP contribution in [0, 0.1) is 11.7 Å². The normalized spacial score (nSPS) is 13.2. The molecule has 2 atom stereocenters. The van der Waals surface area contributed by atoms with Crippen LogP contribution in [0.4, 0.5) is 4.39 Å². The zero-order chi connectivity index (χ0) is 16.2. The monoisotopic (exact) mass is 315 g/mol. The van der Waals surface area contributed by atoms with Gasteiger partial charge in [0.15, 0.2) is 0 Å². The molecule has 1 amide bonds. The van der Waals surface area contributed by atoms with Crippen LogP contribution in [0.3, 0.4) is 0 Å². The Kier molecular flexibility index (Phi) is 5.84. The molecule has 7 heteroatoms. The zero-order valence-corrected chi connectivity index (χ0v) is 12.5. The number of carbonyl (C=O) groups is 3. The molecule has 0 aliphatic rings.